The molecule has 17 heavy (non-hydrogen) atoms. The molecule has 2 amide bonds. The molecule has 1 rings (SSSR count). The van der Waals surface area contributed by atoms with Gasteiger partial charge in [-0.1, -0.05) is 6.07 Å². The molecule has 0 aliphatic heterocycles. The minimum absolute atomic E-state index is 0.525. The minimum atomic E-state index is -0.814. The maximum absolute atomic E-state index is 10.9. The molecule has 3 N–H and O–H groups in total. The lowest BCUT2D eigenvalue weighted by atomic mass is 10.1. The fourth-order valence-corrected chi connectivity index (χ4v) is 1.44. The van der Waals surface area contributed by atoms with E-state index in [1.165, 1.54) is 6.92 Å². The molecule has 0 aromatic heterocycles. The van der Waals surface area contributed by atoms with Crippen molar-refractivity contribution in [1.29, 1.82) is 0 Å². The standard InChI is InChI=1S/C11H15N3O3/c1-7-4-8(2)6-10(5-7)14(13-11(12)16)17-9(3)15/h4-6H,1-3H3,(H3,12,13,16). The predicted octanol–water partition coefficient (Wildman–Crippen LogP) is 1.17. The Bertz CT molecular complexity index is 409. The third kappa shape index (κ3) is 4.02. The van der Waals surface area contributed by atoms with Crippen LogP contribution in [0.5, 0.6) is 0 Å². The van der Waals surface area contributed by atoms with E-state index in [4.69, 9.17) is 10.6 Å². The molecule has 0 fully saturated rings. The van der Waals surface area contributed by atoms with Gasteiger partial charge in [-0.15, -0.1) is 5.17 Å². The number of carbonyl (C=O) groups is 2. The van der Waals surface area contributed by atoms with Crippen LogP contribution in [0.1, 0.15) is 18.1 Å². The van der Waals surface area contributed by atoms with Gasteiger partial charge in [0.1, 0.15) is 5.69 Å². The molecular weight excluding hydrogens is 222 g/mol. The molecule has 0 aliphatic rings. The Morgan fingerprint density at radius 3 is 2.18 bits per heavy atom. The Morgan fingerprint density at radius 1 is 1.24 bits per heavy atom. The zero-order valence-electron chi connectivity index (χ0n) is 9.98. The molecule has 0 heterocycles. The Hall–Kier alpha value is -2.24. The molecule has 0 bridgehead atoms. The predicted molar refractivity (Wildman–Crippen MR) is 62.9 cm³/mol. The highest BCUT2D eigenvalue weighted by atomic mass is 16.7. The molecule has 0 saturated carbocycles. The van der Waals surface area contributed by atoms with E-state index in [1.807, 2.05) is 19.9 Å². The summed E-state index contributed by atoms with van der Waals surface area (Å²) < 4.78 is 0. The van der Waals surface area contributed by atoms with E-state index in [0.29, 0.717) is 5.69 Å². The van der Waals surface area contributed by atoms with Gasteiger partial charge in [0.25, 0.3) is 0 Å². The highest BCUT2D eigenvalue weighted by Gasteiger charge is 2.12. The van der Waals surface area contributed by atoms with Gasteiger partial charge in [-0.3, -0.25) is 0 Å². The van der Waals surface area contributed by atoms with E-state index in [1.54, 1.807) is 12.1 Å². The van der Waals surface area contributed by atoms with Crippen LogP contribution >= 0.6 is 0 Å². The fraction of sp³-hybridized carbons (Fsp3) is 0.273. The van der Waals surface area contributed by atoms with Crippen molar-refractivity contribution < 1.29 is 14.4 Å². The van der Waals surface area contributed by atoms with Crippen molar-refractivity contribution >= 4 is 17.7 Å². The lowest BCUT2D eigenvalue weighted by Gasteiger charge is -2.22. The second kappa shape index (κ2) is 5.20. The molecule has 0 aliphatic carbocycles. The van der Waals surface area contributed by atoms with Crippen LogP contribution in [0.4, 0.5) is 10.5 Å². The Morgan fingerprint density at radius 2 is 1.76 bits per heavy atom. The van der Waals surface area contributed by atoms with Gasteiger partial charge in [-0.2, -0.15) is 0 Å². The first-order valence-electron chi connectivity index (χ1n) is 5.01. The van der Waals surface area contributed by atoms with Gasteiger partial charge in [-0.25, -0.2) is 15.0 Å². The first-order chi connectivity index (χ1) is 7.88. The summed E-state index contributed by atoms with van der Waals surface area (Å²) in [7, 11) is 0. The molecule has 0 unspecified atom stereocenters. The van der Waals surface area contributed by atoms with Crippen LogP contribution in [0.25, 0.3) is 0 Å². The largest absolute Gasteiger partial charge is 0.350 e. The van der Waals surface area contributed by atoms with Crippen LogP contribution in [0.3, 0.4) is 0 Å². The molecule has 1 aromatic carbocycles. The van der Waals surface area contributed by atoms with Crippen LogP contribution in [0, 0.1) is 13.8 Å². The quantitative estimate of drug-likeness (QED) is 0.773. The second-order valence-corrected chi connectivity index (χ2v) is 3.70. The summed E-state index contributed by atoms with van der Waals surface area (Å²) in [4.78, 5) is 26.6. The van der Waals surface area contributed by atoms with E-state index in [0.717, 1.165) is 16.3 Å². The number of hydrazine groups is 1. The van der Waals surface area contributed by atoms with Crippen LogP contribution in [-0.4, -0.2) is 12.0 Å². The first-order valence-corrected chi connectivity index (χ1v) is 5.01. The topological polar surface area (TPSA) is 84.7 Å². The minimum Gasteiger partial charge on any atom is -0.350 e. The summed E-state index contributed by atoms with van der Waals surface area (Å²) in [6.45, 7) is 5.03. The summed E-state index contributed by atoms with van der Waals surface area (Å²) in [5, 5.41) is 0.949. The monoisotopic (exact) mass is 237 g/mol. The molecule has 1 aromatic rings. The van der Waals surface area contributed by atoms with E-state index in [2.05, 4.69) is 5.43 Å². The average molecular weight is 237 g/mol. The highest BCUT2D eigenvalue weighted by molar-refractivity contribution is 5.75. The van der Waals surface area contributed by atoms with E-state index in [9.17, 15) is 9.59 Å². The summed E-state index contributed by atoms with van der Waals surface area (Å²) in [6, 6.07) is 4.66. The number of amides is 2. The molecule has 6 nitrogen and oxygen atoms in total. The lowest BCUT2D eigenvalue weighted by Crippen LogP contribution is -2.46. The molecular formula is C11H15N3O3. The number of primary amides is 1. The smallest absolute Gasteiger partial charge is 0.333 e. The van der Waals surface area contributed by atoms with Crippen molar-refractivity contribution in [3.63, 3.8) is 0 Å². The van der Waals surface area contributed by atoms with E-state index >= 15 is 0 Å². The van der Waals surface area contributed by atoms with Crippen molar-refractivity contribution in [1.82, 2.24) is 5.43 Å². The summed E-state index contributed by atoms with van der Waals surface area (Å²) in [5.41, 5.74) is 9.69. The summed E-state index contributed by atoms with van der Waals surface area (Å²) in [6.07, 6.45) is 0. The molecule has 0 saturated heterocycles. The molecule has 0 radical (unpaired) electrons. The zero-order chi connectivity index (χ0) is 13.0. The highest BCUT2D eigenvalue weighted by Crippen LogP contribution is 2.17. The van der Waals surface area contributed by atoms with Crippen LogP contribution in [0.15, 0.2) is 18.2 Å². The Labute approximate surface area is 99.3 Å². The van der Waals surface area contributed by atoms with Crippen molar-refractivity contribution in [2.75, 3.05) is 5.17 Å². The van der Waals surface area contributed by atoms with Crippen LogP contribution < -0.4 is 16.3 Å². The van der Waals surface area contributed by atoms with Crippen LogP contribution in [0.2, 0.25) is 0 Å². The van der Waals surface area contributed by atoms with Crippen molar-refractivity contribution in [3.8, 4) is 0 Å². The van der Waals surface area contributed by atoms with Gasteiger partial charge in [0.05, 0.1) is 0 Å². The number of anilines is 1. The third-order valence-electron chi connectivity index (χ3n) is 1.87. The lowest BCUT2D eigenvalue weighted by molar-refractivity contribution is -0.143. The normalized spacial score (nSPS) is 9.59. The number of benzene rings is 1. The number of hydrogen-bond donors (Lipinski definition) is 2. The zero-order valence-corrected chi connectivity index (χ0v) is 9.98. The number of nitrogens with zero attached hydrogens (tertiary/aromatic N) is 1. The molecule has 6 heteroatoms. The molecule has 0 atom stereocenters. The fourth-order valence-electron chi connectivity index (χ4n) is 1.44. The number of carbonyl (C=O) groups excluding carboxylic acids is 2. The summed E-state index contributed by atoms with van der Waals surface area (Å²) in [5.74, 6) is -0.557. The van der Waals surface area contributed by atoms with Gasteiger partial charge >= 0.3 is 12.0 Å². The Balaban J connectivity index is 3.02. The number of aryl methyl sites for hydroxylation is 2. The van der Waals surface area contributed by atoms with Crippen LogP contribution in [-0.2, 0) is 9.63 Å². The van der Waals surface area contributed by atoms with Crippen molar-refractivity contribution in [2.24, 2.45) is 5.73 Å². The maximum atomic E-state index is 10.9. The average Bonchev–Trinajstić information content (AvgIpc) is 2.13. The van der Waals surface area contributed by atoms with E-state index in [-0.39, 0.29) is 0 Å². The summed E-state index contributed by atoms with van der Waals surface area (Å²) >= 11 is 0. The van der Waals surface area contributed by atoms with Gasteiger partial charge in [0, 0.05) is 6.92 Å². The molecule has 92 valence electrons. The van der Waals surface area contributed by atoms with Gasteiger partial charge in [-0.05, 0) is 37.1 Å². The maximum Gasteiger partial charge on any atom is 0.333 e. The SMILES string of the molecule is CC(=O)ON(NC(N)=O)c1cc(C)cc(C)c1. The second-order valence-electron chi connectivity index (χ2n) is 3.70. The first kappa shape index (κ1) is 12.8. The molecule has 0 spiro atoms. The number of nitrogens with two attached hydrogens (primary N) is 1. The van der Waals surface area contributed by atoms with Gasteiger partial charge in [0.2, 0.25) is 0 Å². The van der Waals surface area contributed by atoms with Gasteiger partial charge in [0.15, 0.2) is 0 Å². The number of hydrogen-bond acceptors (Lipinski definition) is 4. The number of nitrogens with one attached hydrogen (secondary N) is 1. The number of urea groups is 1. The van der Waals surface area contributed by atoms with Gasteiger partial charge < -0.3 is 10.6 Å². The van der Waals surface area contributed by atoms with E-state index < -0.39 is 12.0 Å². The van der Waals surface area contributed by atoms with Crippen molar-refractivity contribution in [2.45, 2.75) is 20.8 Å². The number of rotatable bonds is 3. The Kier molecular flexibility index (Phi) is 3.92. The third-order valence-corrected chi connectivity index (χ3v) is 1.87. The van der Waals surface area contributed by atoms with Crippen molar-refractivity contribution in [3.05, 3.63) is 29.3 Å².